The molecule has 1 unspecified atom stereocenters. The quantitative estimate of drug-likeness (QED) is 0.883. The summed E-state index contributed by atoms with van der Waals surface area (Å²) in [6, 6.07) is 7.64. The van der Waals surface area contributed by atoms with Crippen LogP contribution in [0.5, 0.6) is 0 Å². The summed E-state index contributed by atoms with van der Waals surface area (Å²) >= 11 is 0. The lowest BCUT2D eigenvalue weighted by molar-refractivity contribution is 0.249. The van der Waals surface area contributed by atoms with Gasteiger partial charge in [0.1, 0.15) is 5.82 Å². The number of anilines is 1. The molecule has 0 fully saturated rings. The van der Waals surface area contributed by atoms with Gasteiger partial charge in [0.25, 0.3) is 0 Å². The zero-order valence-corrected chi connectivity index (χ0v) is 11.2. The first-order chi connectivity index (χ1) is 9.95. The van der Waals surface area contributed by atoms with E-state index < -0.39 is 29.5 Å². The van der Waals surface area contributed by atoms with Crippen molar-refractivity contribution in [1.29, 1.82) is 0 Å². The molecule has 0 spiro atoms. The van der Waals surface area contributed by atoms with Gasteiger partial charge in [-0.3, -0.25) is 0 Å². The summed E-state index contributed by atoms with van der Waals surface area (Å²) in [4.78, 5) is 11.7. The topological polar surface area (TPSA) is 41.1 Å². The van der Waals surface area contributed by atoms with Crippen LogP contribution in [0.2, 0.25) is 0 Å². The minimum atomic E-state index is -0.972. The molecule has 110 valence electrons. The summed E-state index contributed by atoms with van der Waals surface area (Å²) in [6.45, 7) is 1.64. The maximum absolute atomic E-state index is 13.1. The number of hydrogen-bond donors (Lipinski definition) is 2. The fourth-order valence-corrected chi connectivity index (χ4v) is 1.76. The van der Waals surface area contributed by atoms with E-state index in [1.165, 1.54) is 30.3 Å². The van der Waals surface area contributed by atoms with Crippen LogP contribution in [-0.4, -0.2) is 6.03 Å². The third-order valence-corrected chi connectivity index (χ3v) is 2.89. The third-order valence-electron chi connectivity index (χ3n) is 2.89. The number of carbonyl (C=O) groups excluding carboxylic acids is 1. The van der Waals surface area contributed by atoms with Gasteiger partial charge in [-0.1, -0.05) is 6.07 Å². The molecule has 2 amide bonds. The summed E-state index contributed by atoms with van der Waals surface area (Å²) in [6.07, 6.45) is 0. The number of urea groups is 1. The van der Waals surface area contributed by atoms with Gasteiger partial charge in [-0.05, 0) is 48.9 Å². The van der Waals surface area contributed by atoms with E-state index in [4.69, 9.17) is 0 Å². The highest BCUT2D eigenvalue weighted by Gasteiger charge is 2.12. The van der Waals surface area contributed by atoms with Crippen molar-refractivity contribution in [1.82, 2.24) is 5.32 Å². The van der Waals surface area contributed by atoms with Crippen LogP contribution < -0.4 is 10.6 Å². The lowest BCUT2D eigenvalue weighted by Gasteiger charge is -2.15. The summed E-state index contributed by atoms with van der Waals surface area (Å²) in [5, 5.41) is 5.08. The van der Waals surface area contributed by atoms with Crippen LogP contribution in [0.4, 0.5) is 23.7 Å². The predicted octanol–water partition coefficient (Wildman–Crippen LogP) is 3.99. The Balaban J connectivity index is 1.98. The van der Waals surface area contributed by atoms with Crippen molar-refractivity contribution in [3.63, 3.8) is 0 Å². The maximum Gasteiger partial charge on any atom is 0.319 e. The highest BCUT2D eigenvalue weighted by atomic mass is 19.2. The van der Waals surface area contributed by atoms with Gasteiger partial charge >= 0.3 is 6.03 Å². The number of nitrogens with one attached hydrogen (secondary N) is 2. The van der Waals surface area contributed by atoms with Gasteiger partial charge in [0, 0.05) is 5.69 Å². The van der Waals surface area contributed by atoms with Crippen LogP contribution in [0, 0.1) is 17.5 Å². The minimum Gasteiger partial charge on any atom is -0.331 e. The zero-order valence-electron chi connectivity index (χ0n) is 11.2. The van der Waals surface area contributed by atoms with E-state index in [0.29, 0.717) is 11.3 Å². The van der Waals surface area contributed by atoms with E-state index >= 15 is 0 Å². The molecule has 0 heterocycles. The number of benzene rings is 2. The Bertz CT molecular complexity index is 644. The SMILES string of the molecule is CC(NC(=O)Nc1ccc(F)cc1)c1ccc(F)c(F)c1. The van der Waals surface area contributed by atoms with Gasteiger partial charge in [-0.25, -0.2) is 18.0 Å². The van der Waals surface area contributed by atoms with E-state index in [2.05, 4.69) is 10.6 Å². The van der Waals surface area contributed by atoms with Gasteiger partial charge in [-0.15, -0.1) is 0 Å². The van der Waals surface area contributed by atoms with E-state index in [1.807, 2.05) is 0 Å². The van der Waals surface area contributed by atoms with E-state index in [1.54, 1.807) is 6.92 Å². The molecule has 1 atom stereocenters. The number of rotatable bonds is 3. The molecule has 0 saturated carbocycles. The van der Waals surface area contributed by atoms with Crippen molar-refractivity contribution in [3.8, 4) is 0 Å². The molecule has 0 aliphatic heterocycles. The first kappa shape index (κ1) is 14.9. The Morgan fingerprint density at radius 3 is 2.29 bits per heavy atom. The summed E-state index contributed by atoms with van der Waals surface area (Å²) in [7, 11) is 0. The van der Waals surface area contributed by atoms with Crippen molar-refractivity contribution < 1.29 is 18.0 Å². The fourth-order valence-electron chi connectivity index (χ4n) is 1.76. The second-order valence-corrected chi connectivity index (χ2v) is 4.50. The molecular weight excluding hydrogens is 281 g/mol. The van der Waals surface area contributed by atoms with Crippen LogP contribution in [0.25, 0.3) is 0 Å². The van der Waals surface area contributed by atoms with Crippen molar-refractivity contribution in [2.75, 3.05) is 5.32 Å². The minimum absolute atomic E-state index is 0.406. The van der Waals surface area contributed by atoms with Gasteiger partial charge < -0.3 is 10.6 Å². The van der Waals surface area contributed by atoms with E-state index in [9.17, 15) is 18.0 Å². The molecule has 0 radical (unpaired) electrons. The largest absolute Gasteiger partial charge is 0.331 e. The molecule has 0 aromatic heterocycles. The first-order valence-corrected chi connectivity index (χ1v) is 6.24. The smallest absolute Gasteiger partial charge is 0.319 e. The van der Waals surface area contributed by atoms with E-state index in [0.717, 1.165) is 12.1 Å². The van der Waals surface area contributed by atoms with E-state index in [-0.39, 0.29) is 0 Å². The number of hydrogen-bond acceptors (Lipinski definition) is 1. The molecule has 2 aromatic rings. The molecule has 0 saturated heterocycles. The monoisotopic (exact) mass is 294 g/mol. The number of halogens is 3. The Morgan fingerprint density at radius 1 is 1.00 bits per heavy atom. The van der Waals surface area contributed by atoms with Gasteiger partial charge in [0.05, 0.1) is 6.04 Å². The second-order valence-electron chi connectivity index (χ2n) is 4.50. The number of amides is 2. The molecule has 0 bridgehead atoms. The molecule has 3 nitrogen and oxygen atoms in total. The van der Waals surface area contributed by atoms with Crippen LogP contribution in [-0.2, 0) is 0 Å². The molecule has 0 aliphatic carbocycles. The van der Waals surface area contributed by atoms with Crippen molar-refractivity contribution in [3.05, 3.63) is 65.5 Å². The molecule has 0 aliphatic rings. The average Bonchev–Trinajstić information content (AvgIpc) is 2.44. The van der Waals surface area contributed by atoms with Gasteiger partial charge in [0.15, 0.2) is 11.6 Å². The second kappa shape index (κ2) is 6.30. The van der Waals surface area contributed by atoms with Gasteiger partial charge in [-0.2, -0.15) is 0 Å². The normalized spacial score (nSPS) is 11.8. The highest BCUT2D eigenvalue weighted by molar-refractivity contribution is 5.89. The fraction of sp³-hybridized carbons (Fsp3) is 0.133. The summed E-state index contributed by atoms with van der Waals surface area (Å²) in [5.41, 5.74) is 0.856. The molecule has 2 rings (SSSR count). The Morgan fingerprint density at radius 2 is 1.67 bits per heavy atom. The molecule has 2 N–H and O–H groups in total. The van der Waals surface area contributed by atoms with Crippen molar-refractivity contribution in [2.45, 2.75) is 13.0 Å². The Labute approximate surface area is 119 Å². The van der Waals surface area contributed by atoms with Crippen molar-refractivity contribution >= 4 is 11.7 Å². The first-order valence-electron chi connectivity index (χ1n) is 6.24. The van der Waals surface area contributed by atoms with Crippen LogP contribution in [0.3, 0.4) is 0 Å². The lowest BCUT2D eigenvalue weighted by atomic mass is 10.1. The Kier molecular flexibility index (Phi) is 4.47. The lowest BCUT2D eigenvalue weighted by Crippen LogP contribution is -2.31. The average molecular weight is 294 g/mol. The third kappa shape index (κ3) is 3.98. The molecule has 2 aromatic carbocycles. The maximum atomic E-state index is 13.1. The molecule has 6 heteroatoms. The summed E-state index contributed by atoms with van der Waals surface area (Å²) < 4.78 is 38.7. The number of carbonyl (C=O) groups is 1. The van der Waals surface area contributed by atoms with Crippen molar-refractivity contribution in [2.24, 2.45) is 0 Å². The van der Waals surface area contributed by atoms with Crippen LogP contribution in [0.1, 0.15) is 18.5 Å². The molecular formula is C15H13F3N2O. The summed E-state index contributed by atoms with van der Waals surface area (Å²) in [5.74, 6) is -2.32. The van der Waals surface area contributed by atoms with Crippen LogP contribution >= 0.6 is 0 Å². The molecule has 21 heavy (non-hydrogen) atoms. The standard InChI is InChI=1S/C15H13F3N2O/c1-9(10-2-7-13(17)14(18)8-10)19-15(21)20-12-5-3-11(16)4-6-12/h2-9H,1H3,(H2,19,20,21). The van der Waals surface area contributed by atoms with Gasteiger partial charge in [0.2, 0.25) is 0 Å². The Hall–Kier alpha value is -2.50. The predicted molar refractivity (Wildman–Crippen MR) is 73.3 cm³/mol. The highest BCUT2D eigenvalue weighted by Crippen LogP contribution is 2.16. The van der Waals surface area contributed by atoms with Crippen LogP contribution in [0.15, 0.2) is 42.5 Å². The zero-order chi connectivity index (χ0) is 15.4.